The Morgan fingerprint density at radius 2 is 2.43 bits per heavy atom. The topological polar surface area (TPSA) is 83.8 Å². The third-order valence-electron chi connectivity index (χ3n) is 1.63. The van der Waals surface area contributed by atoms with E-state index in [0.717, 1.165) is 5.69 Å². The number of oxazole rings is 1. The number of anilines is 1. The predicted octanol–water partition coefficient (Wildman–Crippen LogP) is 0.370. The molecule has 2 rings (SSSR count). The van der Waals surface area contributed by atoms with Gasteiger partial charge in [0.05, 0.1) is 12.2 Å². The molecule has 2 N–H and O–H groups in total. The largest absolute Gasteiger partial charge is 0.451 e. The van der Waals surface area contributed by atoms with E-state index in [4.69, 9.17) is 4.42 Å². The highest BCUT2D eigenvalue weighted by Crippen LogP contribution is 1.97. The van der Waals surface area contributed by atoms with Gasteiger partial charge in [-0.3, -0.25) is 4.79 Å². The molecule has 2 aromatic heterocycles. The molecule has 0 atom stereocenters. The van der Waals surface area contributed by atoms with Crippen LogP contribution < -0.4 is 10.9 Å². The molecule has 0 aliphatic rings. The fourth-order valence-corrected chi connectivity index (χ4v) is 0.977. The molecule has 0 fully saturated rings. The quantitative estimate of drug-likeness (QED) is 0.734. The molecule has 2 heterocycles. The normalized spacial score (nSPS) is 10.0. The lowest BCUT2D eigenvalue weighted by Gasteiger charge is -1.99. The van der Waals surface area contributed by atoms with Crippen molar-refractivity contribution in [2.45, 2.75) is 6.54 Å². The first-order valence-corrected chi connectivity index (χ1v) is 4.01. The molecule has 0 amide bonds. The Labute approximate surface area is 79.0 Å². The minimum Gasteiger partial charge on any atom is -0.451 e. The van der Waals surface area contributed by atoms with Crippen LogP contribution >= 0.6 is 0 Å². The first kappa shape index (κ1) is 8.49. The van der Waals surface area contributed by atoms with Crippen molar-refractivity contribution in [1.29, 1.82) is 0 Å². The van der Waals surface area contributed by atoms with Crippen LogP contribution in [-0.4, -0.2) is 15.0 Å². The van der Waals surface area contributed by atoms with E-state index in [0.29, 0.717) is 6.54 Å². The van der Waals surface area contributed by atoms with Gasteiger partial charge in [-0.2, -0.15) is 0 Å². The number of hydrogen-bond donors (Lipinski definition) is 2. The lowest BCUT2D eigenvalue weighted by atomic mass is 10.5. The summed E-state index contributed by atoms with van der Waals surface area (Å²) in [5.41, 5.74) is 0.464. The van der Waals surface area contributed by atoms with Gasteiger partial charge >= 0.3 is 0 Å². The Hall–Kier alpha value is -2.11. The van der Waals surface area contributed by atoms with Gasteiger partial charge in [0.2, 0.25) is 0 Å². The van der Waals surface area contributed by atoms with Crippen molar-refractivity contribution in [3.05, 3.63) is 41.1 Å². The van der Waals surface area contributed by atoms with Crippen molar-refractivity contribution >= 4 is 5.82 Å². The summed E-state index contributed by atoms with van der Waals surface area (Å²) in [4.78, 5) is 21.4. The molecule has 6 nitrogen and oxygen atoms in total. The molecule has 0 aliphatic heterocycles. The van der Waals surface area contributed by atoms with Gasteiger partial charge in [0.1, 0.15) is 6.26 Å². The third-order valence-corrected chi connectivity index (χ3v) is 1.63. The van der Waals surface area contributed by atoms with Crippen LogP contribution in [0.25, 0.3) is 0 Å². The van der Waals surface area contributed by atoms with E-state index in [1.165, 1.54) is 25.1 Å². The Morgan fingerprint density at radius 3 is 3.14 bits per heavy atom. The molecule has 0 spiro atoms. The van der Waals surface area contributed by atoms with Crippen LogP contribution in [0.2, 0.25) is 0 Å². The number of H-pyrrole nitrogens is 1. The summed E-state index contributed by atoms with van der Waals surface area (Å²) in [6, 6.07) is 0. The van der Waals surface area contributed by atoms with Crippen LogP contribution in [0.15, 0.2) is 34.3 Å². The second kappa shape index (κ2) is 3.73. The predicted molar refractivity (Wildman–Crippen MR) is 48.7 cm³/mol. The van der Waals surface area contributed by atoms with Crippen molar-refractivity contribution in [3.8, 4) is 0 Å². The molecule has 0 unspecified atom stereocenters. The SMILES string of the molecule is O=c1[nH]ccnc1NCc1cocn1. The molecular weight excluding hydrogens is 184 g/mol. The molecule has 0 bridgehead atoms. The molecule has 0 radical (unpaired) electrons. The Kier molecular flexibility index (Phi) is 2.26. The zero-order valence-electron chi connectivity index (χ0n) is 7.23. The lowest BCUT2D eigenvalue weighted by molar-refractivity contribution is 0.556. The van der Waals surface area contributed by atoms with E-state index in [2.05, 4.69) is 20.3 Å². The average Bonchev–Trinajstić information content (AvgIpc) is 2.69. The van der Waals surface area contributed by atoms with Crippen molar-refractivity contribution in [2.75, 3.05) is 5.32 Å². The summed E-state index contributed by atoms with van der Waals surface area (Å²) < 4.78 is 4.78. The van der Waals surface area contributed by atoms with E-state index in [1.54, 1.807) is 0 Å². The molecule has 0 saturated heterocycles. The fraction of sp³-hybridized carbons (Fsp3) is 0.125. The van der Waals surface area contributed by atoms with Gasteiger partial charge in [-0.25, -0.2) is 9.97 Å². The van der Waals surface area contributed by atoms with Crippen LogP contribution in [0.1, 0.15) is 5.69 Å². The molecule has 14 heavy (non-hydrogen) atoms. The molecule has 6 heteroatoms. The first-order chi connectivity index (χ1) is 6.86. The molecule has 0 saturated carbocycles. The number of nitrogens with zero attached hydrogens (tertiary/aromatic N) is 2. The van der Waals surface area contributed by atoms with Crippen LogP contribution in [-0.2, 0) is 6.54 Å². The van der Waals surface area contributed by atoms with E-state index >= 15 is 0 Å². The van der Waals surface area contributed by atoms with Crippen molar-refractivity contribution < 1.29 is 4.42 Å². The van der Waals surface area contributed by atoms with Gasteiger partial charge in [-0.1, -0.05) is 0 Å². The molecule has 0 aliphatic carbocycles. The molecule has 0 aromatic carbocycles. The lowest BCUT2D eigenvalue weighted by Crippen LogP contribution is -2.15. The summed E-state index contributed by atoms with van der Waals surface area (Å²) in [5, 5.41) is 2.84. The Balaban J connectivity index is 2.06. The van der Waals surface area contributed by atoms with Crippen LogP contribution in [0.3, 0.4) is 0 Å². The van der Waals surface area contributed by atoms with Gasteiger partial charge < -0.3 is 14.7 Å². The number of nitrogens with one attached hydrogen (secondary N) is 2. The fourth-order valence-electron chi connectivity index (χ4n) is 0.977. The molecule has 2 aromatic rings. The van der Waals surface area contributed by atoms with Crippen molar-refractivity contribution in [1.82, 2.24) is 15.0 Å². The first-order valence-electron chi connectivity index (χ1n) is 4.01. The second-order valence-electron chi connectivity index (χ2n) is 2.60. The number of aromatic nitrogens is 3. The molecular formula is C8H8N4O2. The van der Waals surface area contributed by atoms with Crippen LogP contribution in [0.5, 0.6) is 0 Å². The second-order valence-corrected chi connectivity index (χ2v) is 2.60. The van der Waals surface area contributed by atoms with Gasteiger partial charge in [0.25, 0.3) is 5.56 Å². The van der Waals surface area contributed by atoms with E-state index in [9.17, 15) is 4.79 Å². The average molecular weight is 192 g/mol. The summed E-state index contributed by atoms with van der Waals surface area (Å²) in [6.07, 6.45) is 5.82. The Morgan fingerprint density at radius 1 is 1.50 bits per heavy atom. The minimum atomic E-state index is -0.254. The maximum absolute atomic E-state index is 11.2. The van der Waals surface area contributed by atoms with E-state index in [-0.39, 0.29) is 11.4 Å². The van der Waals surface area contributed by atoms with Crippen molar-refractivity contribution in [2.24, 2.45) is 0 Å². The summed E-state index contributed by atoms with van der Waals surface area (Å²) in [6.45, 7) is 0.413. The maximum Gasteiger partial charge on any atom is 0.290 e. The number of hydrogen-bond acceptors (Lipinski definition) is 5. The number of rotatable bonds is 3. The smallest absolute Gasteiger partial charge is 0.290 e. The molecule has 72 valence electrons. The van der Waals surface area contributed by atoms with E-state index < -0.39 is 0 Å². The zero-order valence-corrected chi connectivity index (χ0v) is 7.23. The van der Waals surface area contributed by atoms with Gasteiger partial charge in [-0.05, 0) is 0 Å². The van der Waals surface area contributed by atoms with Crippen LogP contribution in [0.4, 0.5) is 5.82 Å². The summed E-state index contributed by atoms with van der Waals surface area (Å²) in [5.74, 6) is 0.274. The van der Waals surface area contributed by atoms with Crippen LogP contribution in [0, 0.1) is 0 Å². The standard InChI is InChI=1S/C8H8N4O2/c13-8-7(9-1-2-10-8)11-3-6-4-14-5-12-6/h1-2,4-5H,3H2,(H,9,11)(H,10,13). The third kappa shape index (κ3) is 1.79. The monoisotopic (exact) mass is 192 g/mol. The van der Waals surface area contributed by atoms with E-state index in [1.807, 2.05) is 0 Å². The highest BCUT2D eigenvalue weighted by atomic mass is 16.3. The highest BCUT2D eigenvalue weighted by Gasteiger charge is 2.00. The van der Waals surface area contributed by atoms with Gasteiger partial charge in [0.15, 0.2) is 12.2 Å². The Bertz CT molecular complexity index is 448. The maximum atomic E-state index is 11.2. The highest BCUT2D eigenvalue weighted by molar-refractivity contribution is 5.30. The minimum absolute atomic E-state index is 0.254. The number of aromatic amines is 1. The van der Waals surface area contributed by atoms with Crippen molar-refractivity contribution in [3.63, 3.8) is 0 Å². The summed E-state index contributed by atoms with van der Waals surface area (Å²) >= 11 is 0. The zero-order chi connectivity index (χ0) is 9.80. The van der Waals surface area contributed by atoms with Gasteiger partial charge in [-0.15, -0.1) is 0 Å². The van der Waals surface area contributed by atoms with Gasteiger partial charge in [0, 0.05) is 12.4 Å². The summed E-state index contributed by atoms with van der Waals surface area (Å²) in [7, 11) is 0.